The Kier molecular flexibility index (Phi) is 2.71. The monoisotopic (exact) mass is 165 g/mol. The smallest absolute Gasteiger partial charge is 0.0733 e. The van der Waals surface area contributed by atoms with Gasteiger partial charge in [0.25, 0.3) is 0 Å². The van der Waals surface area contributed by atoms with E-state index >= 15 is 0 Å². The zero-order valence-electron chi connectivity index (χ0n) is 7.85. The average molecular weight is 165 g/mol. The quantitative estimate of drug-likeness (QED) is 0.680. The maximum atomic E-state index is 5.89. The van der Waals surface area contributed by atoms with Crippen LogP contribution in [0.1, 0.15) is 16.7 Å². The number of hydrogen-bond donors (Lipinski definition) is 1. The summed E-state index contributed by atoms with van der Waals surface area (Å²) in [5, 5.41) is 0. The summed E-state index contributed by atoms with van der Waals surface area (Å²) < 4.78 is 5.02. The first-order chi connectivity index (χ1) is 5.66. The molecule has 66 valence electrons. The van der Waals surface area contributed by atoms with E-state index in [1.807, 2.05) is 13.0 Å². The predicted octanol–water partition coefficient (Wildman–Crippen LogP) is 2.03. The van der Waals surface area contributed by atoms with E-state index in [9.17, 15) is 0 Å². The van der Waals surface area contributed by atoms with Crippen LogP contribution in [0.4, 0.5) is 5.69 Å². The third-order valence-corrected chi connectivity index (χ3v) is 2.18. The first-order valence-corrected chi connectivity index (χ1v) is 4.00. The molecule has 0 radical (unpaired) electrons. The van der Waals surface area contributed by atoms with E-state index in [2.05, 4.69) is 13.0 Å². The Morgan fingerprint density at radius 3 is 2.58 bits per heavy atom. The van der Waals surface area contributed by atoms with E-state index in [0.717, 1.165) is 16.8 Å². The van der Waals surface area contributed by atoms with Gasteiger partial charge in [0.1, 0.15) is 0 Å². The van der Waals surface area contributed by atoms with E-state index < -0.39 is 0 Å². The van der Waals surface area contributed by atoms with Gasteiger partial charge in [-0.05, 0) is 25.0 Å². The molecule has 0 atom stereocenters. The van der Waals surface area contributed by atoms with Crippen LogP contribution in [0.25, 0.3) is 0 Å². The van der Waals surface area contributed by atoms with Crippen LogP contribution in [-0.2, 0) is 11.3 Å². The Bertz CT molecular complexity index is 281. The summed E-state index contributed by atoms with van der Waals surface area (Å²) in [6.45, 7) is 4.68. The van der Waals surface area contributed by atoms with Gasteiger partial charge in [-0.2, -0.15) is 0 Å². The fraction of sp³-hybridized carbons (Fsp3) is 0.400. The minimum absolute atomic E-state index is 0.590. The zero-order valence-corrected chi connectivity index (χ0v) is 7.85. The lowest BCUT2D eigenvalue weighted by molar-refractivity contribution is 0.185. The molecule has 0 amide bonds. The van der Waals surface area contributed by atoms with Crippen molar-refractivity contribution in [3.8, 4) is 0 Å². The normalized spacial score (nSPS) is 10.2. The van der Waals surface area contributed by atoms with Crippen molar-refractivity contribution < 1.29 is 4.74 Å². The molecule has 0 bridgehead atoms. The standard InChI is InChI=1S/C10H15NO/c1-7-4-5-9(6-12-3)10(11)8(7)2/h4-5H,6,11H2,1-3H3. The second-order valence-corrected chi connectivity index (χ2v) is 3.01. The van der Waals surface area contributed by atoms with Gasteiger partial charge in [-0.1, -0.05) is 12.1 Å². The number of benzene rings is 1. The molecule has 0 unspecified atom stereocenters. The lowest BCUT2D eigenvalue weighted by Crippen LogP contribution is -1.99. The maximum Gasteiger partial charge on any atom is 0.0733 e. The maximum absolute atomic E-state index is 5.89. The Balaban J connectivity index is 3.08. The molecule has 0 aliphatic heterocycles. The van der Waals surface area contributed by atoms with Gasteiger partial charge >= 0.3 is 0 Å². The minimum atomic E-state index is 0.590. The van der Waals surface area contributed by atoms with Gasteiger partial charge in [0.05, 0.1) is 6.61 Å². The van der Waals surface area contributed by atoms with E-state index in [-0.39, 0.29) is 0 Å². The molecule has 2 nitrogen and oxygen atoms in total. The van der Waals surface area contributed by atoms with Crippen LogP contribution in [0.2, 0.25) is 0 Å². The Morgan fingerprint density at radius 2 is 2.00 bits per heavy atom. The molecule has 0 aliphatic carbocycles. The highest BCUT2D eigenvalue weighted by molar-refractivity contribution is 5.55. The summed E-state index contributed by atoms with van der Waals surface area (Å²) in [4.78, 5) is 0. The predicted molar refractivity (Wildman–Crippen MR) is 51.0 cm³/mol. The number of hydrogen-bond acceptors (Lipinski definition) is 2. The van der Waals surface area contributed by atoms with Crippen molar-refractivity contribution in [1.29, 1.82) is 0 Å². The molecule has 0 aromatic heterocycles. The Labute approximate surface area is 73.3 Å². The first-order valence-electron chi connectivity index (χ1n) is 4.00. The molecule has 0 saturated carbocycles. The second kappa shape index (κ2) is 3.59. The molecule has 1 aromatic carbocycles. The van der Waals surface area contributed by atoms with Crippen molar-refractivity contribution in [2.45, 2.75) is 20.5 Å². The highest BCUT2D eigenvalue weighted by atomic mass is 16.5. The van der Waals surface area contributed by atoms with Crippen LogP contribution in [0.5, 0.6) is 0 Å². The topological polar surface area (TPSA) is 35.2 Å². The molecular weight excluding hydrogens is 150 g/mol. The fourth-order valence-corrected chi connectivity index (χ4v) is 1.17. The Morgan fingerprint density at radius 1 is 1.33 bits per heavy atom. The highest BCUT2D eigenvalue weighted by Gasteiger charge is 2.03. The van der Waals surface area contributed by atoms with Gasteiger partial charge in [-0.15, -0.1) is 0 Å². The minimum Gasteiger partial charge on any atom is -0.398 e. The lowest BCUT2D eigenvalue weighted by atomic mass is 10.0. The third-order valence-electron chi connectivity index (χ3n) is 2.18. The molecule has 2 heteroatoms. The molecule has 0 saturated heterocycles. The number of rotatable bonds is 2. The number of ether oxygens (including phenoxy) is 1. The zero-order chi connectivity index (χ0) is 9.14. The summed E-state index contributed by atoms with van der Waals surface area (Å²) in [5.41, 5.74) is 10.2. The summed E-state index contributed by atoms with van der Waals surface area (Å²) in [6.07, 6.45) is 0. The van der Waals surface area contributed by atoms with Gasteiger partial charge in [-0.3, -0.25) is 0 Å². The van der Waals surface area contributed by atoms with Crippen molar-refractivity contribution >= 4 is 5.69 Å². The molecule has 0 heterocycles. The van der Waals surface area contributed by atoms with Crippen molar-refractivity contribution in [2.24, 2.45) is 0 Å². The fourth-order valence-electron chi connectivity index (χ4n) is 1.17. The van der Waals surface area contributed by atoms with E-state index in [4.69, 9.17) is 10.5 Å². The summed E-state index contributed by atoms with van der Waals surface area (Å²) in [6, 6.07) is 4.08. The Hall–Kier alpha value is -1.02. The van der Waals surface area contributed by atoms with Gasteiger partial charge in [-0.25, -0.2) is 0 Å². The molecule has 0 spiro atoms. The second-order valence-electron chi connectivity index (χ2n) is 3.01. The SMILES string of the molecule is COCc1ccc(C)c(C)c1N. The van der Waals surface area contributed by atoms with Gasteiger partial charge in [0, 0.05) is 18.4 Å². The number of anilines is 1. The van der Waals surface area contributed by atoms with Crippen molar-refractivity contribution in [3.63, 3.8) is 0 Å². The summed E-state index contributed by atoms with van der Waals surface area (Å²) in [7, 11) is 1.68. The molecule has 0 fully saturated rings. The van der Waals surface area contributed by atoms with Gasteiger partial charge in [0.15, 0.2) is 0 Å². The summed E-state index contributed by atoms with van der Waals surface area (Å²) >= 11 is 0. The van der Waals surface area contributed by atoms with Crippen LogP contribution in [-0.4, -0.2) is 7.11 Å². The molecule has 1 aromatic rings. The molecule has 0 aliphatic rings. The molecule has 12 heavy (non-hydrogen) atoms. The van der Waals surface area contributed by atoms with Gasteiger partial charge in [0.2, 0.25) is 0 Å². The molecular formula is C10H15NO. The van der Waals surface area contributed by atoms with Crippen LogP contribution in [0.3, 0.4) is 0 Å². The van der Waals surface area contributed by atoms with Crippen LogP contribution >= 0.6 is 0 Å². The van der Waals surface area contributed by atoms with E-state index in [0.29, 0.717) is 6.61 Å². The number of nitrogens with two attached hydrogens (primary N) is 1. The summed E-state index contributed by atoms with van der Waals surface area (Å²) in [5.74, 6) is 0. The largest absolute Gasteiger partial charge is 0.398 e. The van der Waals surface area contributed by atoms with Crippen LogP contribution in [0.15, 0.2) is 12.1 Å². The average Bonchev–Trinajstić information content (AvgIpc) is 2.07. The third kappa shape index (κ3) is 1.59. The first kappa shape index (κ1) is 9.07. The molecule has 2 N–H and O–H groups in total. The number of aryl methyl sites for hydroxylation is 1. The van der Waals surface area contributed by atoms with Gasteiger partial charge < -0.3 is 10.5 Å². The van der Waals surface area contributed by atoms with Crippen molar-refractivity contribution in [3.05, 3.63) is 28.8 Å². The van der Waals surface area contributed by atoms with Crippen LogP contribution in [0, 0.1) is 13.8 Å². The number of methoxy groups -OCH3 is 1. The van der Waals surface area contributed by atoms with Crippen LogP contribution < -0.4 is 5.73 Å². The van der Waals surface area contributed by atoms with E-state index in [1.165, 1.54) is 5.56 Å². The lowest BCUT2D eigenvalue weighted by Gasteiger charge is -2.09. The number of nitrogen functional groups attached to an aromatic ring is 1. The van der Waals surface area contributed by atoms with Crippen molar-refractivity contribution in [2.75, 3.05) is 12.8 Å². The van der Waals surface area contributed by atoms with E-state index in [1.54, 1.807) is 7.11 Å². The highest BCUT2D eigenvalue weighted by Crippen LogP contribution is 2.20. The molecule has 1 rings (SSSR count). The van der Waals surface area contributed by atoms with Crippen molar-refractivity contribution in [1.82, 2.24) is 0 Å².